The summed E-state index contributed by atoms with van der Waals surface area (Å²) in [7, 11) is 6.79. The zero-order valence-electron chi connectivity index (χ0n) is 6.62. The van der Waals surface area contributed by atoms with E-state index >= 15 is 0 Å². The van der Waals surface area contributed by atoms with Gasteiger partial charge in [-0.05, 0) is 25.7 Å². The van der Waals surface area contributed by atoms with E-state index in [-0.39, 0.29) is 18.9 Å². The summed E-state index contributed by atoms with van der Waals surface area (Å²) in [5.41, 5.74) is 0. The average Bonchev–Trinajstić information content (AvgIpc) is 2.03. The molecule has 4 heteroatoms. The number of rotatable bonds is 1. The highest BCUT2D eigenvalue weighted by Crippen LogP contribution is 2.37. The van der Waals surface area contributed by atoms with Crippen LogP contribution < -0.4 is 5.32 Å². The van der Waals surface area contributed by atoms with Gasteiger partial charge in [0, 0.05) is 6.04 Å². The Morgan fingerprint density at radius 1 is 1.08 bits per heavy atom. The first-order valence-electron chi connectivity index (χ1n) is 4.03. The summed E-state index contributed by atoms with van der Waals surface area (Å²) in [6.45, 7) is 0. The summed E-state index contributed by atoms with van der Waals surface area (Å²) in [4.78, 5) is 0. The van der Waals surface area contributed by atoms with Crippen molar-refractivity contribution in [1.29, 1.82) is 0 Å². The summed E-state index contributed by atoms with van der Waals surface area (Å²) in [5.74, 6) is -1.14. The first-order chi connectivity index (χ1) is 5.54. The zero-order valence-corrected chi connectivity index (χ0v) is 6.62. The van der Waals surface area contributed by atoms with Gasteiger partial charge in [-0.3, -0.25) is 0 Å². The fraction of sp³-hybridized carbons (Fsp3) is 0.875. The number of nitrogens with one attached hydrogen (secondary N) is 1. The van der Waals surface area contributed by atoms with E-state index in [9.17, 15) is 13.2 Å². The topological polar surface area (TPSA) is 12.0 Å². The van der Waals surface area contributed by atoms with Gasteiger partial charge < -0.3 is 5.32 Å². The van der Waals surface area contributed by atoms with Gasteiger partial charge in [0.25, 0.3) is 0 Å². The predicted molar refractivity (Wildman–Crippen MR) is 38.2 cm³/mol. The number of hydrogen-bond acceptors (Lipinski definition) is 1. The van der Waals surface area contributed by atoms with E-state index in [1.165, 1.54) is 0 Å². The molecule has 0 heterocycles. The molecule has 0 aliphatic heterocycles. The van der Waals surface area contributed by atoms with Crippen molar-refractivity contribution in [3.8, 4) is 0 Å². The zero-order chi connectivity index (χ0) is 9.19. The van der Waals surface area contributed by atoms with E-state index in [0.717, 1.165) is 0 Å². The molecule has 1 N–H and O–H groups in total. The van der Waals surface area contributed by atoms with Crippen LogP contribution in [-0.4, -0.2) is 12.2 Å². The Kier molecular flexibility index (Phi) is 2.99. The SMILES string of the molecule is [C]NC1CCC(C(F)(F)F)CC1. The second-order valence-corrected chi connectivity index (χ2v) is 3.23. The maximum atomic E-state index is 12.1. The third-order valence-corrected chi connectivity index (χ3v) is 2.39. The van der Waals surface area contributed by atoms with Crippen molar-refractivity contribution < 1.29 is 13.2 Å². The Morgan fingerprint density at radius 2 is 1.58 bits per heavy atom. The Bertz CT molecular complexity index is 136. The van der Waals surface area contributed by atoms with Crippen LogP contribution in [0.5, 0.6) is 0 Å². The van der Waals surface area contributed by atoms with E-state index in [1.807, 2.05) is 0 Å². The molecule has 0 aromatic carbocycles. The lowest BCUT2D eigenvalue weighted by atomic mass is 9.86. The molecule has 0 aromatic heterocycles. The van der Waals surface area contributed by atoms with Crippen molar-refractivity contribution in [2.45, 2.75) is 37.9 Å². The van der Waals surface area contributed by atoms with Gasteiger partial charge in [0.2, 0.25) is 0 Å². The highest BCUT2D eigenvalue weighted by molar-refractivity contribution is 4.80. The molecule has 0 amide bonds. The molecule has 1 saturated carbocycles. The standard InChI is InChI=1S/C8H11F3N/c1-12-7-4-2-6(3-5-7)8(9,10)11/h6-7,12H,2-5H2. The summed E-state index contributed by atoms with van der Waals surface area (Å²) in [5, 5.41) is 2.26. The number of alkyl halides is 3. The minimum Gasteiger partial charge on any atom is -0.303 e. The van der Waals surface area contributed by atoms with Gasteiger partial charge in [0.1, 0.15) is 0 Å². The van der Waals surface area contributed by atoms with Crippen molar-refractivity contribution in [3.63, 3.8) is 0 Å². The summed E-state index contributed by atoms with van der Waals surface area (Å²) >= 11 is 0. The first-order valence-corrected chi connectivity index (χ1v) is 4.03. The molecule has 0 spiro atoms. The summed E-state index contributed by atoms with van der Waals surface area (Å²) < 4.78 is 36.3. The van der Waals surface area contributed by atoms with E-state index < -0.39 is 12.1 Å². The van der Waals surface area contributed by atoms with Crippen LogP contribution in [0.4, 0.5) is 13.2 Å². The van der Waals surface area contributed by atoms with Gasteiger partial charge in [-0.2, -0.15) is 13.2 Å². The fourth-order valence-corrected chi connectivity index (χ4v) is 1.57. The van der Waals surface area contributed by atoms with Crippen LogP contribution in [0, 0.1) is 13.0 Å². The third-order valence-electron chi connectivity index (χ3n) is 2.39. The molecule has 0 saturated heterocycles. The molecule has 0 atom stereocenters. The van der Waals surface area contributed by atoms with Crippen molar-refractivity contribution in [2.75, 3.05) is 0 Å². The van der Waals surface area contributed by atoms with Gasteiger partial charge in [-0.15, -0.1) is 0 Å². The Labute approximate surface area is 70.3 Å². The van der Waals surface area contributed by atoms with Crippen molar-refractivity contribution in [1.82, 2.24) is 5.32 Å². The smallest absolute Gasteiger partial charge is 0.303 e. The molecule has 1 aliphatic carbocycles. The molecular weight excluding hydrogens is 167 g/mol. The monoisotopic (exact) mass is 178 g/mol. The van der Waals surface area contributed by atoms with Gasteiger partial charge in [0.05, 0.1) is 13.0 Å². The maximum absolute atomic E-state index is 12.1. The number of hydrogen-bond donors (Lipinski definition) is 1. The van der Waals surface area contributed by atoms with Crippen molar-refractivity contribution in [2.24, 2.45) is 5.92 Å². The number of halogens is 3. The summed E-state index contributed by atoms with van der Waals surface area (Å²) in [6, 6.07) is -0.0383. The quantitative estimate of drug-likeness (QED) is 0.649. The van der Waals surface area contributed by atoms with Crippen LogP contribution in [0.25, 0.3) is 0 Å². The van der Waals surface area contributed by atoms with Crippen LogP contribution >= 0.6 is 0 Å². The summed E-state index contributed by atoms with van der Waals surface area (Å²) in [6.07, 6.45) is -2.77. The van der Waals surface area contributed by atoms with E-state index in [0.29, 0.717) is 12.8 Å². The molecule has 0 unspecified atom stereocenters. The molecule has 3 radical (unpaired) electrons. The van der Waals surface area contributed by atoms with Crippen LogP contribution in [0.3, 0.4) is 0 Å². The van der Waals surface area contributed by atoms with E-state index in [4.69, 9.17) is 7.05 Å². The second kappa shape index (κ2) is 3.64. The highest BCUT2D eigenvalue weighted by Gasteiger charge is 2.41. The van der Waals surface area contributed by atoms with Crippen LogP contribution in [0.15, 0.2) is 0 Å². The van der Waals surface area contributed by atoms with Crippen molar-refractivity contribution >= 4 is 0 Å². The van der Waals surface area contributed by atoms with Crippen molar-refractivity contribution in [3.05, 3.63) is 7.05 Å². The van der Waals surface area contributed by atoms with Gasteiger partial charge in [-0.25, -0.2) is 0 Å². The Hall–Kier alpha value is -0.250. The minimum absolute atomic E-state index is 0.0383. The van der Waals surface area contributed by atoms with E-state index in [2.05, 4.69) is 5.32 Å². The van der Waals surface area contributed by atoms with E-state index in [1.54, 1.807) is 0 Å². The van der Waals surface area contributed by atoms with Gasteiger partial charge in [0.15, 0.2) is 0 Å². The normalized spacial score (nSPS) is 32.0. The maximum Gasteiger partial charge on any atom is 0.391 e. The molecular formula is C8H11F3N. The lowest BCUT2D eigenvalue weighted by Crippen LogP contribution is -2.34. The Morgan fingerprint density at radius 3 is 1.92 bits per heavy atom. The average molecular weight is 178 g/mol. The molecule has 69 valence electrons. The lowest BCUT2D eigenvalue weighted by Gasteiger charge is -2.29. The highest BCUT2D eigenvalue weighted by atomic mass is 19.4. The molecule has 1 fully saturated rings. The molecule has 0 aromatic rings. The Balaban J connectivity index is 2.36. The predicted octanol–water partition coefficient (Wildman–Crippen LogP) is 2.24. The molecule has 1 nitrogen and oxygen atoms in total. The fourth-order valence-electron chi connectivity index (χ4n) is 1.57. The second-order valence-electron chi connectivity index (χ2n) is 3.23. The third kappa shape index (κ3) is 2.37. The first kappa shape index (κ1) is 9.84. The lowest BCUT2D eigenvalue weighted by molar-refractivity contribution is -0.182. The van der Waals surface area contributed by atoms with Crippen LogP contribution in [0.1, 0.15) is 25.7 Å². The molecule has 1 rings (SSSR count). The van der Waals surface area contributed by atoms with Crippen LogP contribution in [-0.2, 0) is 0 Å². The molecule has 1 aliphatic rings. The molecule has 0 bridgehead atoms. The van der Waals surface area contributed by atoms with Crippen LogP contribution in [0.2, 0.25) is 0 Å². The largest absolute Gasteiger partial charge is 0.391 e. The van der Waals surface area contributed by atoms with Gasteiger partial charge >= 0.3 is 6.18 Å². The van der Waals surface area contributed by atoms with Gasteiger partial charge in [-0.1, -0.05) is 0 Å². The molecule has 12 heavy (non-hydrogen) atoms. The minimum atomic E-state index is -4.03.